The van der Waals surface area contributed by atoms with Gasteiger partial charge in [-0.15, -0.1) is 0 Å². The lowest BCUT2D eigenvalue weighted by Gasteiger charge is -2.21. The molecule has 1 aliphatic rings. The van der Waals surface area contributed by atoms with Crippen molar-refractivity contribution in [2.24, 2.45) is 5.92 Å². The van der Waals surface area contributed by atoms with Gasteiger partial charge in [0.2, 0.25) is 0 Å². The Hall–Kier alpha value is -0.0400. The molecule has 0 bridgehead atoms. The third-order valence-electron chi connectivity index (χ3n) is 2.65. The first kappa shape index (κ1) is 9.05. The van der Waals surface area contributed by atoms with Crippen molar-refractivity contribution >= 4 is 0 Å². The van der Waals surface area contributed by atoms with Gasteiger partial charge >= 0.3 is 0 Å². The molecule has 0 aromatic rings. The SMILES string of the molecule is CC(C)[C@H](C)OC1CCCC1. The number of hydrogen-bond donors (Lipinski definition) is 0. The molecule has 0 radical (unpaired) electrons. The van der Waals surface area contributed by atoms with Crippen molar-refractivity contribution in [3.8, 4) is 0 Å². The van der Waals surface area contributed by atoms with E-state index in [1.807, 2.05) is 0 Å². The summed E-state index contributed by atoms with van der Waals surface area (Å²) in [6.45, 7) is 6.63. The van der Waals surface area contributed by atoms with Crippen molar-refractivity contribution in [2.75, 3.05) is 0 Å². The first-order chi connectivity index (χ1) is 5.20. The van der Waals surface area contributed by atoms with Crippen LogP contribution in [0.4, 0.5) is 0 Å². The molecule has 0 heterocycles. The van der Waals surface area contributed by atoms with E-state index in [0.717, 1.165) is 0 Å². The highest BCUT2D eigenvalue weighted by Crippen LogP contribution is 2.23. The van der Waals surface area contributed by atoms with E-state index in [1.54, 1.807) is 0 Å². The zero-order chi connectivity index (χ0) is 8.27. The van der Waals surface area contributed by atoms with Crippen LogP contribution in [0.2, 0.25) is 0 Å². The zero-order valence-electron chi connectivity index (χ0n) is 7.97. The Morgan fingerprint density at radius 1 is 1.09 bits per heavy atom. The van der Waals surface area contributed by atoms with E-state index < -0.39 is 0 Å². The van der Waals surface area contributed by atoms with Crippen LogP contribution < -0.4 is 0 Å². The zero-order valence-corrected chi connectivity index (χ0v) is 7.97. The molecule has 0 aromatic heterocycles. The van der Waals surface area contributed by atoms with Gasteiger partial charge in [0.15, 0.2) is 0 Å². The fraction of sp³-hybridized carbons (Fsp3) is 1.00. The molecule has 1 heteroatoms. The predicted octanol–water partition coefficient (Wildman–Crippen LogP) is 2.99. The van der Waals surface area contributed by atoms with Gasteiger partial charge in [-0.2, -0.15) is 0 Å². The quantitative estimate of drug-likeness (QED) is 0.610. The van der Waals surface area contributed by atoms with E-state index in [-0.39, 0.29) is 0 Å². The minimum absolute atomic E-state index is 0.443. The Balaban J connectivity index is 2.18. The fourth-order valence-electron chi connectivity index (χ4n) is 1.49. The molecule has 1 aliphatic carbocycles. The van der Waals surface area contributed by atoms with Gasteiger partial charge in [-0.1, -0.05) is 26.7 Å². The van der Waals surface area contributed by atoms with E-state index in [1.165, 1.54) is 25.7 Å². The summed E-state index contributed by atoms with van der Waals surface area (Å²) in [7, 11) is 0. The highest BCUT2D eigenvalue weighted by molar-refractivity contribution is 4.69. The average Bonchev–Trinajstić information content (AvgIpc) is 2.39. The van der Waals surface area contributed by atoms with Gasteiger partial charge < -0.3 is 4.74 Å². The smallest absolute Gasteiger partial charge is 0.0578 e. The van der Waals surface area contributed by atoms with E-state index in [2.05, 4.69) is 20.8 Å². The van der Waals surface area contributed by atoms with Crippen LogP contribution in [-0.2, 0) is 4.74 Å². The molecular weight excluding hydrogens is 136 g/mol. The van der Waals surface area contributed by atoms with Crippen molar-refractivity contribution in [1.29, 1.82) is 0 Å². The number of rotatable bonds is 3. The molecule has 0 N–H and O–H groups in total. The maximum atomic E-state index is 5.87. The summed E-state index contributed by atoms with van der Waals surface area (Å²) in [6.07, 6.45) is 6.34. The third kappa shape index (κ3) is 2.82. The van der Waals surface area contributed by atoms with E-state index in [9.17, 15) is 0 Å². The Kier molecular flexibility index (Phi) is 3.38. The van der Waals surface area contributed by atoms with Crippen LogP contribution in [0, 0.1) is 5.92 Å². The lowest BCUT2D eigenvalue weighted by atomic mass is 10.1. The molecule has 0 saturated heterocycles. The predicted molar refractivity (Wildman–Crippen MR) is 47.6 cm³/mol. The van der Waals surface area contributed by atoms with Crippen LogP contribution in [0.25, 0.3) is 0 Å². The van der Waals surface area contributed by atoms with Crippen molar-refractivity contribution in [3.05, 3.63) is 0 Å². The van der Waals surface area contributed by atoms with Gasteiger partial charge in [0.1, 0.15) is 0 Å². The number of ether oxygens (including phenoxy) is 1. The van der Waals surface area contributed by atoms with Gasteiger partial charge in [0.05, 0.1) is 12.2 Å². The lowest BCUT2D eigenvalue weighted by molar-refractivity contribution is -0.0210. The molecule has 0 aliphatic heterocycles. The van der Waals surface area contributed by atoms with E-state index in [4.69, 9.17) is 4.74 Å². The first-order valence-corrected chi connectivity index (χ1v) is 4.85. The van der Waals surface area contributed by atoms with Gasteiger partial charge in [0.25, 0.3) is 0 Å². The Morgan fingerprint density at radius 2 is 1.64 bits per heavy atom. The second-order valence-corrected chi connectivity index (χ2v) is 3.99. The summed E-state index contributed by atoms with van der Waals surface area (Å²) in [6, 6.07) is 0. The summed E-state index contributed by atoms with van der Waals surface area (Å²) >= 11 is 0. The highest BCUT2D eigenvalue weighted by Gasteiger charge is 2.19. The summed E-state index contributed by atoms with van der Waals surface area (Å²) < 4.78 is 5.87. The summed E-state index contributed by atoms with van der Waals surface area (Å²) in [5, 5.41) is 0. The molecule has 1 fully saturated rings. The van der Waals surface area contributed by atoms with Crippen molar-refractivity contribution in [3.63, 3.8) is 0 Å². The van der Waals surface area contributed by atoms with Crippen LogP contribution in [0.3, 0.4) is 0 Å². The van der Waals surface area contributed by atoms with Crippen molar-refractivity contribution in [2.45, 2.75) is 58.7 Å². The summed E-state index contributed by atoms with van der Waals surface area (Å²) in [4.78, 5) is 0. The first-order valence-electron chi connectivity index (χ1n) is 4.85. The molecule has 0 amide bonds. The van der Waals surface area contributed by atoms with Crippen LogP contribution in [0.5, 0.6) is 0 Å². The largest absolute Gasteiger partial charge is 0.375 e. The van der Waals surface area contributed by atoms with Crippen LogP contribution in [0.1, 0.15) is 46.5 Å². The maximum absolute atomic E-state index is 5.87. The van der Waals surface area contributed by atoms with Crippen LogP contribution in [0.15, 0.2) is 0 Å². The molecule has 1 saturated carbocycles. The third-order valence-corrected chi connectivity index (χ3v) is 2.65. The topological polar surface area (TPSA) is 9.23 Å². The molecule has 1 rings (SSSR count). The standard InChI is InChI=1S/C10H20O/c1-8(2)9(3)11-10-6-4-5-7-10/h8-10H,4-7H2,1-3H3/t9-/m0/s1. The minimum atomic E-state index is 0.443. The molecule has 1 atom stereocenters. The maximum Gasteiger partial charge on any atom is 0.0578 e. The van der Waals surface area contributed by atoms with Gasteiger partial charge in [0, 0.05) is 0 Å². The van der Waals surface area contributed by atoms with E-state index >= 15 is 0 Å². The molecular formula is C10H20O. The van der Waals surface area contributed by atoms with Crippen LogP contribution in [-0.4, -0.2) is 12.2 Å². The van der Waals surface area contributed by atoms with Crippen molar-refractivity contribution in [1.82, 2.24) is 0 Å². The second-order valence-electron chi connectivity index (χ2n) is 3.99. The van der Waals surface area contributed by atoms with Gasteiger partial charge in [-0.05, 0) is 25.7 Å². The molecule has 0 aromatic carbocycles. The molecule has 0 unspecified atom stereocenters. The summed E-state index contributed by atoms with van der Waals surface area (Å²) in [5.74, 6) is 0.663. The average molecular weight is 156 g/mol. The normalized spacial score (nSPS) is 22.9. The lowest BCUT2D eigenvalue weighted by Crippen LogP contribution is -2.21. The summed E-state index contributed by atoms with van der Waals surface area (Å²) in [5.41, 5.74) is 0. The fourth-order valence-corrected chi connectivity index (χ4v) is 1.49. The Labute approximate surface area is 70.1 Å². The Bertz CT molecular complexity index is 103. The highest BCUT2D eigenvalue weighted by atomic mass is 16.5. The molecule has 0 spiro atoms. The van der Waals surface area contributed by atoms with E-state index in [0.29, 0.717) is 18.1 Å². The monoisotopic (exact) mass is 156 g/mol. The molecule has 1 nitrogen and oxygen atoms in total. The number of hydrogen-bond acceptors (Lipinski definition) is 1. The van der Waals surface area contributed by atoms with Crippen LogP contribution >= 0.6 is 0 Å². The molecule has 66 valence electrons. The Morgan fingerprint density at radius 3 is 2.09 bits per heavy atom. The second kappa shape index (κ2) is 4.10. The van der Waals surface area contributed by atoms with Crippen molar-refractivity contribution < 1.29 is 4.74 Å². The van der Waals surface area contributed by atoms with Gasteiger partial charge in [-0.3, -0.25) is 0 Å². The van der Waals surface area contributed by atoms with Gasteiger partial charge in [-0.25, -0.2) is 0 Å². The molecule has 11 heavy (non-hydrogen) atoms. The minimum Gasteiger partial charge on any atom is -0.375 e.